The van der Waals surface area contributed by atoms with Gasteiger partial charge >= 0.3 is 0 Å². The highest BCUT2D eigenvalue weighted by Crippen LogP contribution is 1.89. The van der Waals surface area contributed by atoms with Crippen molar-refractivity contribution >= 4 is 11.8 Å². The van der Waals surface area contributed by atoms with Gasteiger partial charge in [-0.15, -0.1) is 0 Å². The molecule has 14 heavy (non-hydrogen) atoms. The third-order valence-electron chi connectivity index (χ3n) is 1.28. The number of hydrogen-bond acceptors (Lipinski definition) is 4. The first kappa shape index (κ1) is 10.1. The van der Waals surface area contributed by atoms with Crippen molar-refractivity contribution in [2.45, 2.75) is 12.8 Å². The first-order valence-electron chi connectivity index (χ1n) is 3.98. The van der Waals surface area contributed by atoms with Gasteiger partial charge in [-0.2, -0.15) is 11.0 Å². The van der Waals surface area contributed by atoms with Gasteiger partial charge in [-0.1, -0.05) is 0 Å². The minimum Gasteiger partial charge on any atom is -0.388 e. The summed E-state index contributed by atoms with van der Waals surface area (Å²) in [6.45, 7) is 0. The van der Waals surface area contributed by atoms with Crippen molar-refractivity contribution in [3.63, 3.8) is 0 Å². The fourth-order valence-corrected chi connectivity index (χ4v) is 0.689. The van der Waals surface area contributed by atoms with E-state index in [-0.39, 0.29) is 11.8 Å². The Morgan fingerprint density at radius 2 is 1.36 bits per heavy atom. The Kier molecular flexibility index (Phi) is 4.06. The zero-order valence-corrected chi connectivity index (χ0v) is 7.36. The molecule has 6 nitrogen and oxygen atoms in total. The summed E-state index contributed by atoms with van der Waals surface area (Å²) in [5.41, 5.74) is 4.31. The Labute approximate surface area is 80.5 Å². The lowest BCUT2D eigenvalue weighted by Gasteiger charge is -2.03. The molecule has 6 heteroatoms. The molecule has 76 valence electrons. The van der Waals surface area contributed by atoms with Gasteiger partial charge in [0.15, 0.2) is 0 Å². The number of amides is 2. The van der Waals surface area contributed by atoms with Crippen LogP contribution in [0.3, 0.4) is 0 Å². The Morgan fingerprint density at radius 1 is 0.929 bits per heavy atom. The molecular weight excluding hydrogens is 188 g/mol. The summed E-state index contributed by atoms with van der Waals surface area (Å²) in [5, 5.41) is 0. The van der Waals surface area contributed by atoms with Crippen LogP contribution in [0.15, 0.2) is 24.7 Å². The number of hydrogen-bond donors (Lipinski definition) is 2. The van der Waals surface area contributed by atoms with Crippen molar-refractivity contribution in [2.75, 3.05) is 0 Å². The lowest BCUT2D eigenvalue weighted by atomic mass is 10.4. The fourth-order valence-electron chi connectivity index (χ4n) is 0.689. The van der Waals surface area contributed by atoms with E-state index in [1.54, 1.807) is 12.2 Å². The minimum absolute atomic E-state index is 0.0949. The van der Waals surface area contributed by atoms with Crippen LogP contribution in [0, 0.1) is 0 Å². The summed E-state index contributed by atoms with van der Waals surface area (Å²) in [6.07, 6.45) is 7.06. The lowest BCUT2D eigenvalue weighted by Crippen LogP contribution is -2.22. The van der Waals surface area contributed by atoms with Gasteiger partial charge in [-0.05, 0) is 12.2 Å². The topological polar surface area (TPSA) is 76.7 Å². The predicted octanol–water partition coefficient (Wildman–Crippen LogP) is -0.0968. The Bertz CT molecular complexity index is 245. The molecule has 0 saturated carbocycles. The highest BCUT2D eigenvalue weighted by atomic mass is 16.6. The zero-order chi connectivity index (χ0) is 10.2. The molecule has 0 aromatic heterocycles. The third kappa shape index (κ3) is 4.15. The van der Waals surface area contributed by atoms with Crippen LogP contribution in [-0.4, -0.2) is 11.8 Å². The smallest absolute Gasteiger partial charge is 0.256 e. The Hall–Kier alpha value is -1.98. The van der Waals surface area contributed by atoms with Crippen molar-refractivity contribution in [2.24, 2.45) is 0 Å². The van der Waals surface area contributed by atoms with E-state index in [4.69, 9.17) is 0 Å². The maximum atomic E-state index is 10.2. The molecule has 2 amide bonds. The van der Waals surface area contributed by atoms with Crippen LogP contribution in [0.25, 0.3) is 0 Å². The van der Waals surface area contributed by atoms with Gasteiger partial charge in [0.2, 0.25) is 0 Å². The molecule has 2 heterocycles. The highest BCUT2D eigenvalue weighted by Gasteiger charge is 1.99. The molecular formula is C8H10N2O4. The molecule has 2 N–H and O–H groups in total. The average Bonchev–Trinajstić information content (AvgIpc) is 2.21. The summed E-state index contributed by atoms with van der Waals surface area (Å²) < 4.78 is 0. The number of nitrogens with one attached hydrogen (secondary N) is 2. The molecule has 0 atom stereocenters. The SMILES string of the molecule is O=C1CC=CON1.O=C1CC=CON1. The van der Waals surface area contributed by atoms with E-state index in [9.17, 15) is 9.59 Å². The van der Waals surface area contributed by atoms with Gasteiger partial charge < -0.3 is 9.68 Å². The highest BCUT2D eigenvalue weighted by molar-refractivity contribution is 5.77. The normalized spacial score (nSPS) is 18.0. The standard InChI is InChI=1S/2C4H5NO2/c2*6-4-2-1-3-7-5-4/h2*1,3H,2H2,(H,5,6). The Balaban J connectivity index is 0.000000140. The maximum Gasteiger partial charge on any atom is 0.256 e. The van der Waals surface area contributed by atoms with Crippen molar-refractivity contribution in [3.8, 4) is 0 Å². The quantitative estimate of drug-likeness (QED) is 0.570. The van der Waals surface area contributed by atoms with Crippen molar-refractivity contribution in [3.05, 3.63) is 24.7 Å². The van der Waals surface area contributed by atoms with Crippen LogP contribution >= 0.6 is 0 Å². The second kappa shape index (κ2) is 5.63. The Morgan fingerprint density at radius 3 is 1.50 bits per heavy atom. The first-order valence-corrected chi connectivity index (χ1v) is 3.98. The van der Waals surface area contributed by atoms with Crippen LogP contribution in [-0.2, 0) is 19.3 Å². The molecule has 2 aliphatic rings. The fraction of sp³-hybridized carbons (Fsp3) is 0.250. The van der Waals surface area contributed by atoms with E-state index in [0.29, 0.717) is 12.8 Å². The van der Waals surface area contributed by atoms with Crippen molar-refractivity contribution in [1.82, 2.24) is 11.0 Å². The first-order chi connectivity index (χ1) is 6.79. The molecule has 0 fully saturated rings. The third-order valence-corrected chi connectivity index (χ3v) is 1.28. The number of rotatable bonds is 0. The van der Waals surface area contributed by atoms with E-state index < -0.39 is 0 Å². The largest absolute Gasteiger partial charge is 0.388 e. The molecule has 0 saturated heterocycles. The second-order valence-corrected chi connectivity index (χ2v) is 2.44. The molecule has 0 bridgehead atoms. The molecule has 0 aromatic carbocycles. The van der Waals surface area contributed by atoms with Gasteiger partial charge in [0.05, 0.1) is 12.8 Å². The summed E-state index contributed by atoms with van der Waals surface area (Å²) >= 11 is 0. The number of hydroxylamine groups is 2. The minimum atomic E-state index is -0.0949. The monoisotopic (exact) mass is 198 g/mol. The van der Waals surface area contributed by atoms with Crippen LogP contribution < -0.4 is 11.0 Å². The summed E-state index contributed by atoms with van der Waals surface area (Å²) in [7, 11) is 0. The molecule has 0 aliphatic carbocycles. The van der Waals surface area contributed by atoms with Crippen LogP contribution in [0.5, 0.6) is 0 Å². The van der Waals surface area contributed by atoms with Gasteiger partial charge in [0, 0.05) is 0 Å². The van der Waals surface area contributed by atoms with Crippen LogP contribution in [0.4, 0.5) is 0 Å². The number of carbonyl (C=O) groups excluding carboxylic acids is 2. The van der Waals surface area contributed by atoms with Crippen LogP contribution in [0.1, 0.15) is 12.8 Å². The lowest BCUT2D eigenvalue weighted by molar-refractivity contribution is -0.130. The summed E-state index contributed by atoms with van der Waals surface area (Å²) in [5.74, 6) is -0.190. The van der Waals surface area contributed by atoms with E-state index in [1.165, 1.54) is 12.5 Å². The molecule has 0 unspecified atom stereocenters. The zero-order valence-electron chi connectivity index (χ0n) is 7.36. The molecule has 0 spiro atoms. The van der Waals surface area contributed by atoms with E-state index in [2.05, 4.69) is 20.6 Å². The molecule has 2 rings (SSSR count). The van der Waals surface area contributed by atoms with E-state index >= 15 is 0 Å². The summed E-state index contributed by atoms with van der Waals surface area (Å²) in [6, 6.07) is 0. The van der Waals surface area contributed by atoms with Gasteiger partial charge in [-0.3, -0.25) is 9.59 Å². The van der Waals surface area contributed by atoms with Crippen LogP contribution in [0.2, 0.25) is 0 Å². The average molecular weight is 198 g/mol. The van der Waals surface area contributed by atoms with Gasteiger partial charge in [0.25, 0.3) is 11.8 Å². The van der Waals surface area contributed by atoms with E-state index in [1.807, 2.05) is 0 Å². The predicted molar refractivity (Wildman–Crippen MR) is 46.0 cm³/mol. The second-order valence-electron chi connectivity index (χ2n) is 2.44. The van der Waals surface area contributed by atoms with Crippen molar-refractivity contribution in [1.29, 1.82) is 0 Å². The van der Waals surface area contributed by atoms with E-state index in [0.717, 1.165) is 0 Å². The van der Waals surface area contributed by atoms with Gasteiger partial charge in [0.1, 0.15) is 12.5 Å². The number of carbonyl (C=O) groups is 2. The molecule has 2 aliphatic heterocycles. The molecule has 0 aromatic rings. The van der Waals surface area contributed by atoms with Crippen molar-refractivity contribution < 1.29 is 19.3 Å². The molecule has 0 radical (unpaired) electrons. The van der Waals surface area contributed by atoms with Gasteiger partial charge in [-0.25, -0.2) is 0 Å². The maximum absolute atomic E-state index is 10.2. The summed E-state index contributed by atoms with van der Waals surface area (Å²) in [4.78, 5) is 29.2.